The predicted octanol–water partition coefficient (Wildman–Crippen LogP) is 1.93. The molecule has 0 spiro atoms. The van der Waals surface area contributed by atoms with E-state index in [0.29, 0.717) is 18.7 Å². The number of rotatable bonds is 6. The van der Waals surface area contributed by atoms with Crippen LogP contribution in [0.5, 0.6) is 0 Å². The van der Waals surface area contributed by atoms with Gasteiger partial charge >= 0.3 is 0 Å². The maximum absolute atomic E-state index is 13.1. The maximum atomic E-state index is 13.1. The van der Waals surface area contributed by atoms with Gasteiger partial charge in [-0.05, 0) is 26.7 Å². The Bertz CT molecular complexity index is 1170. The number of nitrogens with one attached hydrogen (secondary N) is 2. The second kappa shape index (κ2) is 8.23. The van der Waals surface area contributed by atoms with Gasteiger partial charge in [0.2, 0.25) is 27.6 Å². The van der Waals surface area contributed by atoms with Crippen molar-refractivity contribution < 1.29 is 22.3 Å². The SMILES string of the molecule is CNC(=O)[C@H]1C[C@H](NS(=O)(=O)c2c(C)noc2C)[C@H](c2nc(-c3ccccc3)no2)C1. The first-order valence-corrected chi connectivity index (χ1v) is 11.3. The molecule has 3 aromatic rings. The van der Waals surface area contributed by atoms with Crippen LogP contribution in [0.1, 0.15) is 36.1 Å². The summed E-state index contributed by atoms with van der Waals surface area (Å²) in [5, 5.41) is 10.4. The predicted molar refractivity (Wildman–Crippen MR) is 109 cm³/mol. The lowest BCUT2D eigenvalue weighted by atomic mass is 10.0. The Balaban J connectivity index is 1.65. The molecule has 1 aromatic carbocycles. The molecule has 0 unspecified atom stereocenters. The fourth-order valence-corrected chi connectivity index (χ4v) is 5.68. The van der Waals surface area contributed by atoms with Gasteiger partial charge in [0.1, 0.15) is 10.6 Å². The van der Waals surface area contributed by atoms with E-state index in [-0.39, 0.29) is 34.1 Å². The summed E-state index contributed by atoms with van der Waals surface area (Å²) in [6, 6.07) is 8.72. The van der Waals surface area contributed by atoms with Gasteiger partial charge in [-0.2, -0.15) is 4.98 Å². The number of aromatic nitrogens is 3. The quantitative estimate of drug-likeness (QED) is 0.586. The third-order valence-electron chi connectivity index (χ3n) is 5.51. The first kappa shape index (κ1) is 21.2. The highest BCUT2D eigenvalue weighted by Crippen LogP contribution is 2.39. The lowest BCUT2D eigenvalue weighted by Gasteiger charge is -2.17. The van der Waals surface area contributed by atoms with Gasteiger partial charge in [0.25, 0.3) is 0 Å². The third-order valence-corrected chi connectivity index (χ3v) is 7.25. The largest absolute Gasteiger partial charge is 0.360 e. The van der Waals surface area contributed by atoms with Gasteiger partial charge < -0.3 is 14.4 Å². The maximum Gasteiger partial charge on any atom is 0.246 e. The first-order chi connectivity index (χ1) is 14.8. The summed E-state index contributed by atoms with van der Waals surface area (Å²) in [6.45, 7) is 3.10. The van der Waals surface area contributed by atoms with Crippen LogP contribution in [-0.2, 0) is 14.8 Å². The Labute approximate surface area is 179 Å². The van der Waals surface area contributed by atoms with E-state index in [1.54, 1.807) is 14.0 Å². The Morgan fingerprint density at radius 2 is 1.84 bits per heavy atom. The second-order valence-electron chi connectivity index (χ2n) is 7.59. The molecule has 0 saturated heterocycles. The summed E-state index contributed by atoms with van der Waals surface area (Å²) in [7, 11) is -2.38. The van der Waals surface area contributed by atoms with E-state index in [4.69, 9.17) is 9.05 Å². The Morgan fingerprint density at radius 3 is 2.48 bits per heavy atom. The monoisotopic (exact) mass is 445 g/mol. The number of hydrogen-bond donors (Lipinski definition) is 2. The minimum atomic E-state index is -3.93. The van der Waals surface area contributed by atoms with Gasteiger partial charge in [-0.25, -0.2) is 13.1 Å². The molecular weight excluding hydrogens is 422 g/mol. The Hall–Kier alpha value is -3.05. The average Bonchev–Trinajstić information content (AvgIpc) is 3.46. The summed E-state index contributed by atoms with van der Waals surface area (Å²) in [4.78, 5) is 16.8. The molecule has 4 rings (SSSR count). The molecule has 164 valence electrons. The van der Waals surface area contributed by atoms with Gasteiger partial charge in [-0.15, -0.1) is 0 Å². The molecule has 1 aliphatic rings. The summed E-state index contributed by atoms with van der Waals surface area (Å²) < 4.78 is 39.3. The fourth-order valence-electron chi connectivity index (χ4n) is 4.07. The standard InChI is InChI=1S/C20H23N5O5S/c1-11-17(12(2)29-23-11)31(27,28)25-16-10-14(19(26)21-3)9-15(16)20-22-18(24-30-20)13-7-5-4-6-8-13/h4-8,14-16,25H,9-10H2,1-3H3,(H,21,26)/t14-,15-,16+/m1/s1. The molecule has 0 radical (unpaired) electrons. The van der Waals surface area contributed by atoms with Gasteiger partial charge in [-0.3, -0.25) is 4.79 Å². The smallest absolute Gasteiger partial charge is 0.246 e. The molecule has 2 aromatic heterocycles. The molecule has 11 heteroatoms. The van der Waals surface area contributed by atoms with E-state index in [0.717, 1.165) is 5.56 Å². The highest BCUT2D eigenvalue weighted by atomic mass is 32.2. The highest BCUT2D eigenvalue weighted by molar-refractivity contribution is 7.89. The fraction of sp³-hybridized carbons (Fsp3) is 0.400. The van der Waals surface area contributed by atoms with Crippen LogP contribution in [0.4, 0.5) is 0 Å². The highest BCUT2D eigenvalue weighted by Gasteiger charge is 2.44. The van der Waals surface area contributed by atoms with Crippen molar-refractivity contribution in [2.45, 2.75) is 43.5 Å². The van der Waals surface area contributed by atoms with Crippen LogP contribution >= 0.6 is 0 Å². The number of carbonyl (C=O) groups is 1. The Kier molecular flexibility index (Phi) is 5.63. The summed E-state index contributed by atoms with van der Waals surface area (Å²) in [5.74, 6) is -0.108. The van der Waals surface area contributed by atoms with E-state index >= 15 is 0 Å². The van der Waals surface area contributed by atoms with Crippen molar-refractivity contribution in [2.24, 2.45) is 5.92 Å². The molecule has 1 saturated carbocycles. The lowest BCUT2D eigenvalue weighted by molar-refractivity contribution is -0.124. The van der Waals surface area contributed by atoms with Crippen LogP contribution in [-0.4, -0.2) is 42.7 Å². The molecule has 2 heterocycles. The van der Waals surface area contributed by atoms with Crippen molar-refractivity contribution in [1.29, 1.82) is 0 Å². The van der Waals surface area contributed by atoms with Gasteiger partial charge in [-0.1, -0.05) is 40.6 Å². The normalized spacial score (nSPS) is 21.3. The molecular formula is C20H23N5O5S. The number of sulfonamides is 1. The molecule has 1 fully saturated rings. The van der Waals surface area contributed by atoms with E-state index in [1.165, 1.54) is 6.92 Å². The average molecular weight is 446 g/mol. The van der Waals surface area contributed by atoms with Gasteiger partial charge in [0.15, 0.2) is 5.76 Å². The van der Waals surface area contributed by atoms with E-state index in [1.807, 2.05) is 30.3 Å². The number of benzene rings is 1. The van der Waals surface area contributed by atoms with Crippen LogP contribution in [0.2, 0.25) is 0 Å². The molecule has 10 nitrogen and oxygen atoms in total. The van der Waals surface area contributed by atoms with E-state index in [2.05, 4.69) is 25.3 Å². The molecule has 3 atom stereocenters. The summed E-state index contributed by atoms with van der Waals surface area (Å²) in [6.07, 6.45) is 0.681. The Morgan fingerprint density at radius 1 is 1.10 bits per heavy atom. The van der Waals surface area contributed by atoms with Crippen LogP contribution in [0.3, 0.4) is 0 Å². The molecule has 0 bridgehead atoms. The van der Waals surface area contributed by atoms with Crippen molar-refractivity contribution >= 4 is 15.9 Å². The number of hydrogen-bond acceptors (Lipinski definition) is 8. The zero-order valence-electron chi connectivity index (χ0n) is 17.3. The van der Waals surface area contributed by atoms with Crippen LogP contribution in [0.15, 0.2) is 44.3 Å². The molecule has 0 aliphatic heterocycles. The molecule has 1 amide bonds. The zero-order chi connectivity index (χ0) is 22.2. The van der Waals surface area contributed by atoms with Gasteiger partial charge in [0, 0.05) is 24.6 Å². The van der Waals surface area contributed by atoms with E-state index in [9.17, 15) is 13.2 Å². The van der Waals surface area contributed by atoms with Crippen molar-refractivity contribution in [1.82, 2.24) is 25.3 Å². The van der Waals surface area contributed by atoms with Crippen LogP contribution in [0, 0.1) is 19.8 Å². The number of aryl methyl sites for hydroxylation is 2. The summed E-state index contributed by atoms with van der Waals surface area (Å²) in [5.41, 5.74) is 1.05. The minimum Gasteiger partial charge on any atom is -0.360 e. The summed E-state index contributed by atoms with van der Waals surface area (Å²) >= 11 is 0. The molecule has 1 aliphatic carbocycles. The van der Waals surface area contributed by atoms with Crippen molar-refractivity contribution in [3.05, 3.63) is 47.7 Å². The van der Waals surface area contributed by atoms with Crippen molar-refractivity contribution in [2.75, 3.05) is 7.05 Å². The number of nitrogens with zero attached hydrogens (tertiary/aromatic N) is 3. The molecule has 31 heavy (non-hydrogen) atoms. The minimum absolute atomic E-state index is 0.00477. The van der Waals surface area contributed by atoms with Gasteiger partial charge in [0.05, 0.1) is 5.92 Å². The number of carbonyl (C=O) groups excluding carboxylic acids is 1. The third kappa shape index (κ3) is 4.10. The zero-order valence-corrected chi connectivity index (χ0v) is 18.1. The van der Waals surface area contributed by atoms with Crippen molar-refractivity contribution in [3.8, 4) is 11.4 Å². The van der Waals surface area contributed by atoms with Crippen LogP contribution < -0.4 is 10.0 Å². The molecule has 2 N–H and O–H groups in total. The van der Waals surface area contributed by atoms with E-state index < -0.39 is 22.0 Å². The topological polar surface area (TPSA) is 140 Å². The number of amides is 1. The van der Waals surface area contributed by atoms with Crippen molar-refractivity contribution in [3.63, 3.8) is 0 Å². The lowest BCUT2D eigenvalue weighted by Crippen LogP contribution is -2.37. The van der Waals surface area contributed by atoms with Crippen LogP contribution in [0.25, 0.3) is 11.4 Å². The first-order valence-electron chi connectivity index (χ1n) is 9.86. The second-order valence-corrected chi connectivity index (χ2v) is 9.24.